The van der Waals surface area contributed by atoms with Crippen LogP contribution in [-0.4, -0.2) is 19.9 Å². The van der Waals surface area contributed by atoms with Gasteiger partial charge in [-0.25, -0.2) is 14.1 Å². The molecule has 4 nitrogen and oxygen atoms in total. The van der Waals surface area contributed by atoms with Crippen molar-refractivity contribution in [1.82, 2.24) is 14.8 Å². The lowest BCUT2D eigenvalue weighted by molar-refractivity contribution is 0.198. The third-order valence-electron chi connectivity index (χ3n) is 2.31. The Kier molecular flexibility index (Phi) is 3.44. The lowest BCUT2D eigenvalue weighted by atomic mass is 10.1. The Balaban J connectivity index is 2.26. The first kappa shape index (κ1) is 12.1. The molecule has 0 radical (unpaired) electrons. The highest BCUT2D eigenvalue weighted by Crippen LogP contribution is 2.29. The van der Waals surface area contributed by atoms with Gasteiger partial charge in [-0.15, -0.1) is 0 Å². The van der Waals surface area contributed by atoms with Crippen molar-refractivity contribution in [2.45, 2.75) is 23.1 Å². The topological polar surface area (TPSA) is 50.9 Å². The summed E-state index contributed by atoms with van der Waals surface area (Å²) in [6.07, 6.45) is 0.753. The van der Waals surface area contributed by atoms with E-state index in [0.717, 1.165) is 0 Å². The normalized spacial score (nSPS) is 12.7. The molecule has 6 heteroatoms. The third-order valence-corrected chi connectivity index (χ3v) is 3.41. The van der Waals surface area contributed by atoms with E-state index in [4.69, 9.17) is 0 Å². The van der Waals surface area contributed by atoms with Crippen LogP contribution in [0, 0.1) is 5.82 Å². The van der Waals surface area contributed by atoms with Crippen molar-refractivity contribution in [2.24, 2.45) is 7.05 Å². The fourth-order valence-electron chi connectivity index (χ4n) is 1.34. The van der Waals surface area contributed by atoms with E-state index in [-0.39, 0.29) is 5.82 Å². The number of hydrogen-bond donors (Lipinski definition) is 1. The van der Waals surface area contributed by atoms with Crippen LogP contribution in [0.1, 0.15) is 18.6 Å². The van der Waals surface area contributed by atoms with Crippen LogP contribution < -0.4 is 0 Å². The Morgan fingerprint density at radius 2 is 2.24 bits per heavy atom. The van der Waals surface area contributed by atoms with Gasteiger partial charge in [-0.3, -0.25) is 0 Å². The number of aliphatic hydroxyl groups is 1. The van der Waals surface area contributed by atoms with Crippen LogP contribution in [0.5, 0.6) is 0 Å². The molecule has 0 aliphatic heterocycles. The highest BCUT2D eigenvalue weighted by atomic mass is 32.2. The summed E-state index contributed by atoms with van der Waals surface area (Å²) in [6.45, 7) is 1.60. The van der Waals surface area contributed by atoms with Crippen LogP contribution >= 0.6 is 11.8 Å². The molecule has 17 heavy (non-hydrogen) atoms. The zero-order valence-corrected chi connectivity index (χ0v) is 10.3. The summed E-state index contributed by atoms with van der Waals surface area (Å²) in [5, 5.41) is 13.9. The van der Waals surface area contributed by atoms with Gasteiger partial charge in [-0.1, -0.05) is 6.07 Å². The van der Waals surface area contributed by atoms with Gasteiger partial charge in [-0.2, -0.15) is 5.10 Å². The van der Waals surface area contributed by atoms with Crippen molar-refractivity contribution in [3.63, 3.8) is 0 Å². The van der Waals surface area contributed by atoms with E-state index in [1.54, 1.807) is 30.8 Å². The van der Waals surface area contributed by atoms with Crippen LogP contribution in [0.4, 0.5) is 4.39 Å². The molecule has 2 rings (SSSR count). The molecule has 1 aromatic heterocycles. The van der Waals surface area contributed by atoms with Crippen molar-refractivity contribution in [2.75, 3.05) is 0 Å². The third kappa shape index (κ3) is 2.65. The van der Waals surface area contributed by atoms with Crippen molar-refractivity contribution >= 4 is 11.8 Å². The summed E-state index contributed by atoms with van der Waals surface area (Å²) in [6, 6.07) is 4.67. The molecule has 0 spiro atoms. The van der Waals surface area contributed by atoms with Crippen LogP contribution in [0.15, 0.2) is 34.6 Å². The molecule has 0 fully saturated rings. The number of aryl methyl sites for hydroxylation is 1. The average Bonchev–Trinajstić information content (AvgIpc) is 2.67. The molecule has 1 N–H and O–H groups in total. The minimum atomic E-state index is -0.668. The fraction of sp³-hybridized carbons (Fsp3) is 0.273. The summed E-state index contributed by atoms with van der Waals surface area (Å²) in [5.74, 6) is -0.364. The van der Waals surface area contributed by atoms with Gasteiger partial charge in [0.25, 0.3) is 0 Å². The molecule has 0 bridgehead atoms. The highest BCUT2D eigenvalue weighted by Gasteiger charge is 2.10. The highest BCUT2D eigenvalue weighted by molar-refractivity contribution is 7.99. The van der Waals surface area contributed by atoms with Crippen LogP contribution in [0.25, 0.3) is 0 Å². The summed E-state index contributed by atoms with van der Waals surface area (Å²) < 4.78 is 15.3. The number of nitrogens with zero attached hydrogens (tertiary/aromatic N) is 3. The first-order valence-corrected chi connectivity index (χ1v) is 5.89. The monoisotopic (exact) mass is 253 g/mol. The number of halogens is 1. The quantitative estimate of drug-likeness (QED) is 0.910. The van der Waals surface area contributed by atoms with E-state index in [1.165, 1.54) is 24.2 Å². The van der Waals surface area contributed by atoms with Crippen molar-refractivity contribution in [1.29, 1.82) is 0 Å². The van der Waals surface area contributed by atoms with Crippen LogP contribution in [-0.2, 0) is 7.05 Å². The predicted octanol–water partition coefficient (Wildman–Crippen LogP) is 2.16. The maximum absolute atomic E-state index is 13.7. The second-order valence-corrected chi connectivity index (χ2v) is 4.64. The zero-order chi connectivity index (χ0) is 12.4. The molecule has 1 heterocycles. The lowest BCUT2D eigenvalue weighted by Crippen LogP contribution is -1.95. The van der Waals surface area contributed by atoms with Crippen LogP contribution in [0.3, 0.4) is 0 Å². The second kappa shape index (κ2) is 4.85. The van der Waals surface area contributed by atoms with Gasteiger partial charge in [0.2, 0.25) is 0 Å². The fourth-order valence-corrected chi connectivity index (χ4v) is 2.10. The van der Waals surface area contributed by atoms with E-state index in [2.05, 4.69) is 10.1 Å². The zero-order valence-electron chi connectivity index (χ0n) is 9.46. The number of aromatic nitrogens is 3. The molecule has 0 saturated heterocycles. The van der Waals surface area contributed by atoms with Gasteiger partial charge in [0.05, 0.1) is 11.0 Å². The Hall–Kier alpha value is -1.40. The molecular formula is C11H12FN3OS. The standard InChI is InChI=1S/C11H12FN3OS/c1-7(16)8-3-4-10(9(12)5-8)17-11-13-6-14-15(11)2/h3-7,16H,1-2H3. The molecular weight excluding hydrogens is 241 g/mol. The minimum absolute atomic E-state index is 0.364. The summed E-state index contributed by atoms with van der Waals surface area (Å²) in [7, 11) is 1.75. The first-order chi connectivity index (χ1) is 8.08. The van der Waals surface area contributed by atoms with Gasteiger partial charge in [-0.05, 0) is 36.4 Å². The molecule has 2 aromatic rings. The number of hydrogen-bond acceptors (Lipinski definition) is 4. The van der Waals surface area contributed by atoms with Crippen molar-refractivity contribution < 1.29 is 9.50 Å². The first-order valence-electron chi connectivity index (χ1n) is 5.07. The molecule has 0 amide bonds. The SMILES string of the molecule is CC(O)c1ccc(Sc2ncnn2C)c(F)c1. The largest absolute Gasteiger partial charge is 0.389 e. The van der Waals surface area contributed by atoms with Crippen molar-refractivity contribution in [3.8, 4) is 0 Å². The minimum Gasteiger partial charge on any atom is -0.389 e. The molecule has 0 aliphatic rings. The van der Waals surface area contributed by atoms with Crippen molar-refractivity contribution in [3.05, 3.63) is 35.9 Å². The maximum Gasteiger partial charge on any atom is 0.190 e. The maximum atomic E-state index is 13.7. The summed E-state index contributed by atoms with van der Waals surface area (Å²) in [4.78, 5) is 4.47. The Morgan fingerprint density at radius 1 is 1.47 bits per heavy atom. The molecule has 1 unspecified atom stereocenters. The van der Waals surface area contributed by atoms with E-state index in [9.17, 15) is 9.50 Å². The predicted molar refractivity (Wildman–Crippen MR) is 62.2 cm³/mol. The molecule has 1 atom stereocenters. The summed E-state index contributed by atoms with van der Waals surface area (Å²) in [5.41, 5.74) is 0.560. The lowest BCUT2D eigenvalue weighted by Gasteiger charge is -2.07. The molecule has 0 saturated carbocycles. The Bertz CT molecular complexity index is 527. The van der Waals surface area contributed by atoms with Gasteiger partial charge >= 0.3 is 0 Å². The van der Waals surface area contributed by atoms with Gasteiger partial charge in [0.15, 0.2) is 5.16 Å². The average molecular weight is 253 g/mol. The van der Waals surface area contributed by atoms with E-state index in [0.29, 0.717) is 15.6 Å². The van der Waals surface area contributed by atoms with E-state index in [1.807, 2.05) is 0 Å². The number of aliphatic hydroxyl groups excluding tert-OH is 1. The van der Waals surface area contributed by atoms with E-state index >= 15 is 0 Å². The van der Waals surface area contributed by atoms with Gasteiger partial charge in [0.1, 0.15) is 12.1 Å². The smallest absolute Gasteiger partial charge is 0.190 e. The van der Waals surface area contributed by atoms with Gasteiger partial charge in [0, 0.05) is 7.05 Å². The summed E-state index contributed by atoms with van der Waals surface area (Å²) >= 11 is 1.20. The van der Waals surface area contributed by atoms with Crippen LogP contribution in [0.2, 0.25) is 0 Å². The number of benzene rings is 1. The molecule has 0 aliphatic carbocycles. The number of rotatable bonds is 3. The van der Waals surface area contributed by atoms with Gasteiger partial charge < -0.3 is 5.11 Å². The Labute approximate surface area is 102 Å². The van der Waals surface area contributed by atoms with E-state index < -0.39 is 6.10 Å². The molecule has 1 aromatic carbocycles. The second-order valence-electron chi connectivity index (χ2n) is 3.63. The Morgan fingerprint density at radius 3 is 2.76 bits per heavy atom. The molecule has 90 valence electrons.